The van der Waals surface area contributed by atoms with Gasteiger partial charge in [0, 0.05) is 7.05 Å². The van der Waals surface area contributed by atoms with Gasteiger partial charge in [-0.25, -0.2) is 4.83 Å². The van der Waals surface area contributed by atoms with Gasteiger partial charge in [0.2, 0.25) is 0 Å². The van der Waals surface area contributed by atoms with Gasteiger partial charge in [-0.2, -0.15) is 31.8 Å². The molecule has 130 valence electrons. The molecule has 24 heavy (non-hydrogen) atoms. The number of aromatic nitrogens is 2. The molecule has 0 saturated carbocycles. The number of sulfonamides is 1. The Hall–Kier alpha value is -1.78. The molecule has 1 heterocycles. The molecule has 0 spiro atoms. The third-order valence-electron chi connectivity index (χ3n) is 2.77. The predicted octanol–water partition coefficient (Wildman–Crippen LogP) is 3.06. The largest absolute Gasteiger partial charge is 0.435 e. The van der Waals surface area contributed by atoms with E-state index in [2.05, 4.69) is 10.2 Å². The molecule has 6 nitrogen and oxygen atoms in total. The maximum atomic E-state index is 12.9. The summed E-state index contributed by atoms with van der Waals surface area (Å²) in [4.78, 5) is 1.51. The van der Waals surface area contributed by atoms with Crippen molar-refractivity contribution < 1.29 is 21.6 Å². The molecule has 0 amide bonds. The average molecular weight is 401 g/mol. The summed E-state index contributed by atoms with van der Waals surface area (Å²) < 4.78 is 63.5. The Kier molecular flexibility index (Phi) is 5.11. The van der Waals surface area contributed by atoms with E-state index >= 15 is 0 Å². The van der Waals surface area contributed by atoms with Crippen LogP contribution in [0.2, 0.25) is 10.2 Å². The number of hydrazone groups is 1. The highest BCUT2D eigenvalue weighted by Gasteiger charge is 2.38. The van der Waals surface area contributed by atoms with Crippen molar-refractivity contribution in [2.45, 2.75) is 11.1 Å². The highest BCUT2D eigenvalue weighted by atomic mass is 35.5. The fourth-order valence-corrected chi connectivity index (χ4v) is 3.20. The first-order valence-electron chi connectivity index (χ1n) is 6.13. The molecule has 1 N–H and O–H groups in total. The first-order valence-corrected chi connectivity index (χ1v) is 8.37. The average Bonchev–Trinajstić information content (AvgIpc) is 2.75. The highest BCUT2D eigenvalue weighted by molar-refractivity contribution is 7.89. The van der Waals surface area contributed by atoms with Crippen molar-refractivity contribution in [2.24, 2.45) is 12.1 Å². The first kappa shape index (κ1) is 18.6. The van der Waals surface area contributed by atoms with Crippen molar-refractivity contribution in [1.29, 1.82) is 0 Å². The lowest BCUT2D eigenvalue weighted by Crippen LogP contribution is -2.19. The Bertz CT molecular complexity index is 894. The smallest absolute Gasteiger partial charge is 0.256 e. The van der Waals surface area contributed by atoms with Gasteiger partial charge in [-0.3, -0.25) is 4.68 Å². The van der Waals surface area contributed by atoms with Gasteiger partial charge in [-0.1, -0.05) is 35.3 Å². The molecule has 0 aliphatic heterocycles. The maximum absolute atomic E-state index is 12.9. The lowest BCUT2D eigenvalue weighted by molar-refractivity contribution is -0.141. The molecule has 0 radical (unpaired) electrons. The second-order valence-corrected chi connectivity index (χ2v) is 6.85. The molecular weight excluding hydrogens is 392 g/mol. The molecule has 2 rings (SSSR count). The number of aryl methyl sites for hydroxylation is 1. The lowest BCUT2D eigenvalue weighted by Gasteiger charge is -2.05. The minimum absolute atomic E-state index is 0.0596. The van der Waals surface area contributed by atoms with E-state index in [-0.39, 0.29) is 15.1 Å². The van der Waals surface area contributed by atoms with Crippen LogP contribution in [0, 0.1) is 0 Å². The number of hydrogen-bond donors (Lipinski definition) is 1. The molecule has 0 aliphatic carbocycles. The van der Waals surface area contributed by atoms with Crippen molar-refractivity contribution in [3.05, 3.63) is 45.7 Å². The summed E-state index contributed by atoms with van der Waals surface area (Å²) in [5, 5.41) is 6.15. The first-order chi connectivity index (χ1) is 11.0. The third kappa shape index (κ3) is 3.82. The van der Waals surface area contributed by atoms with E-state index in [0.717, 1.165) is 4.68 Å². The molecular formula is C12H9Cl2F3N4O2S. The fraction of sp³-hybridized carbons (Fsp3) is 0.167. The van der Waals surface area contributed by atoms with Crippen LogP contribution in [0.4, 0.5) is 13.2 Å². The molecule has 1 aromatic heterocycles. The summed E-state index contributed by atoms with van der Waals surface area (Å²) in [5.74, 6) is 0. The number of nitrogens with zero attached hydrogens (tertiary/aromatic N) is 3. The van der Waals surface area contributed by atoms with E-state index in [9.17, 15) is 21.6 Å². The molecule has 12 heteroatoms. The van der Waals surface area contributed by atoms with Gasteiger partial charge in [-0.15, -0.1) is 0 Å². The topological polar surface area (TPSA) is 76.3 Å². The second-order valence-electron chi connectivity index (χ2n) is 4.46. The summed E-state index contributed by atoms with van der Waals surface area (Å²) in [6.07, 6.45) is -4.14. The number of benzene rings is 1. The molecule has 1 aromatic carbocycles. The van der Waals surface area contributed by atoms with Crippen LogP contribution in [0.5, 0.6) is 0 Å². The van der Waals surface area contributed by atoms with Crippen molar-refractivity contribution >= 4 is 39.4 Å². The second kappa shape index (κ2) is 6.61. The monoisotopic (exact) mass is 400 g/mol. The van der Waals surface area contributed by atoms with Crippen LogP contribution in [-0.4, -0.2) is 24.4 Å². The summed E-state index contributed by atoms with van der Waals surface area (Å²) in [6, 6.07) is 5.53. The number of halogens is 5. The third-order valence-corrected chi connectivity index (χ3v) is 4.94. The molecule has 0 saturated heterocycles. The highest BCUT2D eigenvalue weighted by Crippen LogP contribution is 2.33. The maximum Gasteiger partial charge on any atom is 0.435 e. The Morgan fingerprint density at radius 2 is 1.92 bits per heavy atom. The normalized spacial score (nSPS) is 12.8. The SMILES string of the molecule is Cn1nc(C(F)(F)F)c(C=NNS(=O)(=O)c2ccccc2Cl)c1Cl. The fourth-order valence-electron chi connectivity index (χ4n) is 1.72. The minimum Gasteiger partial charge on any atom is -0.256 e. The van der Waals surface area contributed by atoms with Crippen molar-refractivity contribution in [1.82, 2.24) is 14.6 Å². The number of rotatable bonds is 4. The van der Waals surface area contributed by atoms with E-state index < -0.39 is 27.5 Å². The number of hydrogen-bond acceptors (Lipinski definition) is 4. The van der Waals surface area contributed by atoms with E-state index in [4.69, 9.17) is 23.2 Å². The summed E-state index contributed by atoms with van der Waals surface area (Å²) >= 11 is 11.5. The minimum atomic E-state index is -4.77. The van der Waals surface area contributed by atoms with E-state index in [1.807, 2.05) is 0 Å². The molecule has 0 aliphatic rings. The van der Waals surface area contributed by atoms with Crippen LogP contribution in [0.15, 0.2) is 34.3 Å². The van der Waals surface area contributed by atoms with Crippen molar-refractivity contribution in [3.63, 3.8) is 0 Å². The van der Waals surface area contributed by atoms with Crippen LogP contribution < -0.4 is 4.83 Å². The van der Waals surface area contributed by atoms with Crippen molar-refractivity contribution in [3.8, 4) is 0 Å². The van der Waals surface area contributed by atoms with Gasteiger partial charge < -0.3 is 0 Å². The Labute approximate surface area is 144 Å². The molecule has 2 aromatic rings. The van der Waals surface area contributed by atoms with Crippen molar-refractivity contribution in [2.75, 3.05) is 0 Å². The van der Waals surface area contributed by atoms with E-state index in [1.165, 1.54) is 31.3 Å². The molecule has 0 unspecified atom stereocenters. The van der Waals surface area contributed by atoms with Crippen LogP contribution in [-0.2, 0) is 23.2 Å². The zero-order valence-electron chi connectivity index (χ0n) is 11.8. The molecule has 0 atom stereocenters. The number of alkyl halides is 3. The Balaban J connectivity index is 2.32. The van der Waals surface area contributed by atoms with Crippen LogP contribution in [0.1, 0.15) is 11.3 Å². The lowest BCUT2D eigenvalue weighted by atomic mass is 10.2. The Morgan fingerprint density at radius 1 is 1.29 bits per heavy atom. The summed E-state index contributed by atoms with van der Waals surface area (Å²) in [5.41, 5.74) is -1.84. The quantitative estimate of drug-likeness (QED) is 0.632. The van der Waals surface area contributed by atoms with Gasteiger partial charge in [0.1, 0.15) is 10.0 Å². The molecule has 0 fully saturated rings. The standard InChI is InChI=1S/C12H9Cl2F3N4O2S/c1-21-11(14)7(10(19-21)12(15,16)17)6-18-20-24(22,23)9-5-3-2-4-8(9)13/h2-6,20H,1H3. The molecule has 0 bridgehead atoms. The van der Waals surface area contributed by atoms with Gasteiger partial charge in [0.15, 0.2) is 5.69 Å². The van der Waals surface area contributed by atoms with Crippen LogP contribution in [0.25, 0.3) is 0 Å². The van der Waals surface area contributed by atoms with Gasteiger partial charge in [0.25, 0.3) is 10.0 Å². The summed E-state index contributed by atoms with van der Waals surface area (Å²) in [6.45, 7) is 0. The predicted molar refractivity (Wildman–Crippen MR) is 82.6 cm³/mol. The van der Waals surface area contributed by atoms with Crippen LogP contribution in [0.3, 0.4) is 0 Å². The van der Waals surface area contributed by atoms with E-state index in [0.29, 0.717) is 6.21 Å². The zero-order chi connectivity index (χ0) is 18.1. The summed E-state index contributed by atoms with van der Waals surface area (Å²) in [7, 11) is -2.94. The van der Waals surface area contributed by atoms with E-state index in [1.54, 1.807) is 4.83 Å². The van der Waals surface area contributed by atoms with Gasteiger partial charge in [-0.05, 0) is 12.1 Å². The van der Waals surface area contributed by atoms with Gasteiger partial charge >= 0.3 is 6.18 Å². The number of nitrogens with one attached hydrogen (secondary N) is 1. The van der Waals surface area contributed by atoms with Gasteiger partial charge in [0.05, 0.1) is 16.8 Å². The Morgan fingerprint density at radius 3 is 2.50 bits per heavy atom. The zero-order valence-corrected chi connectivity index (χ0v) is 14.2. The van der Waals surface area contributed by atoms with Crippen LogP contribution >= 0.6 is 23.2 Å².